The van der Waals surface area contributed by atoms with Crippen molar-refractivity contribution in [2.45, 2.75) is 26.3 Å². The van der Waals surface area contributed by atoms with Crippen LogP contribution in [0.3, 0.4) is 0 Å². The highest BCUT2D eigenvalue weighted by Crippen LogP contribution is 2.18. The number of nitrogens with one attached hydrogen (secondary N) is 1. The molecule has 4 rings (SSSR count). The van der Waals surface area contributed by atoms with Gasteiger partial charge in [0.15, 0.2) is 0 Å². The number of nitrogens with zero attached hydrogens (tertiary/aromatic N) is 4. The zero-order valence-corrected chi connectivity index (χ0v) is 16.7. The molecule has 0 atom stereocenters. The van der Waals surface area contributed by atoms with Gasteiger partial charge in [0.1, 0.15) is 16.8 Å². The first-order valence-electron chi connectivity index (χ1n) is 9.89. The second kappa shape index (κ2) is 7.79. The SMILES string of the molecule is COCCn1c(=N)c(C(=O)N2CCC(C)CC2)cc2c(=O)n3ccccc3nc21. The Balaban J connectivity index is 1.93. The number of pyridine rings is 2. The van der Waals surface area contributed by atoms with Crippen molar-refractivity contribution in [3.63, 3.8) is 0 Å². The van der Waals surface area contributed by atoms with E-state index < -0.39 is 0 Å². The monoisotopic (exact) mass is 395 g/mol. The van der Waals surface area contributed by atoms with E-state index in [9.17, 15) is 9.59 Å². The Bertz CT molecular complexity index is 1190. The highest BCUT2D eigenvalue weighted by molar-refractivity contribution is 5.96. The first-order valence-corrected chi connectivity index (χ1v) is 9.89. The molecule has 3 aromatic heterocycles. The van der Waals surface area contributed by atoms with Crippen molar-refractivity contribution >= 4 is 22.6 Å². The number of carbonyl (C=O) groups is 1. The average Bonchev–Trinajstić information content (AvgIpc) is 2.73. The normalized spacial score (nSPS) is 15.3. The Morgan fingerprint density at radius 1 is 1.31 bits per heavy atom. The predicted molar refractivity (Wildman–Crippen MR) is 109 cm³/mol. The fourth-order valence-corrected chi connectivity index (χ4v) is 3.83. The molecule has 0 spiro atoms. The van der Waals surface area contributed by atoms with Crippen LogP contribution in [0.15, 0.2) is 35.3 Å². The van der Waals surface area contributed by atoms with E-state index in [0.29, 0.717) is 48.8 Å². The Kier molecular flexibility index (Phi) is 5.19. The molecule has 0 saturated carbocycles. The van der Waals surface area contributed by atoms with Crippen molar-refractivity contribution in [1.82, 2.24) is 18.9 Å². The number of likely N-dealkylation sites (tertiary alicyclic amines) is 1. The van der Waals surface area contributed by atoms with Crippen molar-refractivity contribution in [1.29, 1.82) is 5.41 Å². The number of hydrogen-bond donors (Lipinski definition) is 1. The summed E-state index contributed by atoms with van der Waals surface area (Å²) in [7, 11) is 1.58. The van der Waals surface area contributed by atoms with E-state index in [4.69, 9.17) is 10.1 Å². The number of hydrogen-bond acceptors (Lipinski definition) is 5. The first-order chi connectivity index (χ1) is 14.0. The molecule has 1 N–H and O–H groups in total. The molecule has 0 aliphatic carbocycles. The van der Waals surface area contributed by atoms with Crippen molar-refractivity contribution in [3.8, 4) is 0 Å². The topological polar surface area (TPSA) is 92.7 Å². The van der Waals surface area contributed by atoms with Crippen LogP contribution in [0, 0.1) is 11.3 Å². The summed E-state index contributed by atoms with van der Waals surface area (Å²) < 4.78 is 8.25. The van der Waals surface area contributed by atoms with Crippen LogP contribution in [0.1, 0.15) is 30.1 Å². The Morgan fingerprint density at radius 3 is 2.79 bits per heavy atom. The summed E-state index contributed by atoms with van der Waals surface area (Å²) in [6.07, 6.45) is 3.56. The number of fused-ring (bicyclic) bond motifs is 2. The second-order valence-corrected chi connectivity index (χ2v) is 7.61. The molecule has 1 aliphatic rings. The number of ether oxygens (including phenoxy) is 1. The number of piperidine rings is 1. The van der Waals surface area contributed by atoms with Crippen molar-refractivity contribution < 1.29 is 9.53 Å². The van der Waals surface area contributed by atoms with Gasteiger partial charge in [-0.3, -0.25) is 19.4 Å². The van der Waals surface area contributed by atoms with E-state index in [2.05, 4.69) is 11.9 Å². The number of aromatic nitrogens is 3. The van der Waals surface area contributed by atoms with Crippen LogP contribution < -0.4 is 11.0 Å². The number of rotatable bonds is 4. The van der Waals surface area contributed by atoms with Crippen molar-refractivity contribution in [2.24, 2.45) is 5.92 Å². The fraction of sp³-hybridized carbons (Fsp3) is 0.429. The zero-order chi connectivity index (χ0) is 20.5. The molecule has 1 saturated heterocycles. The van der Waals surface area contributed by atoms with Gasteiger partial charge in [0.05, 0.1) is 17.6 Å². The second-order valence-electron chi connectivity index (χ2n) is 7.61. The molecule has 0 aromatic carbocycles. The minimum absolute atomic E-state index is 0.0605. The molecule has 4 heterocycles. The summed E-state index contributed by atoms with van der Waals surface area (Å²) in [5.41, 5.74) is 0.938. The average molecular weight is 395 g/mol. The Hall–Kier alpha value is -3.00. The summed E-state index contributed by atoms with van der Waals surface area (Å²) in [6, 6.07) is 6.86. The summed E-state index contributed by atoms with van der Waals surface area (Å²) >= 11 is 0. The predicted octanol–water partition coefficient (Wildman–Crippen LogP) is 1.65. The van der Waals surface area contributed by atoms with Gasteiger partial charge in [-0.05, 0) is 37.0 Å². The molecule has 1 fully saturated rings. The van der Waals surface area contributed by atoms with Crippen molar-refractivity contribution in [2.75, 3.05) is 26.8 Å². The lowest BCUT2D eigenvalue weighted by Gasteiger charge is -2.30. The van der Waals surface area contributed by atoms with E-state index in [-0.39, 0.29) is 22.5 Å². The molecule has 8 heteroatoms. The molecule has 1 aliphatic heterocycles. The van der Waals surface area contributed by atoms with Gasteiger partial charge < -0.3 is 14.2 Å². The minimum atomic E-state index is -0.252. The summed E-state index contributed by atoms with van der Waals surface area (Å²) in [5, 5.41) is 9.01. The molecule has 3 aromatic rings. The van der Waals surface area contributed by atoms with Gasteiger partial charge >= 0.3 is 0 Å². The zero-order valence-electron chi connectivity index (χ0n) is 16.7. The van der Waals surface area contributed by atoms with E-state index in [1.165, 1.54) is 10.5 Å². The van der Waals surface area contributed by atoms with Gasteiger partial charge in [0, 0.05) is 32.9 Å². The third kappa shape index (κ3) is 3.44. The maximum absolute atomic E-state index is 13.2. The lowest BCUT2D eigenvalue weighted by molar-refractivity contribution is 0.0694. The van der Waals surface area contributed by atoms with Crippen LogP contribution in [0.2, 0.25) is 0 Å². The lowest BCUT2D eigenvalue weighted by Crippen LogP contribution is -2.41. The van der Waals surface area contributed by atoms with Crippen LogP contribution in [0.5, 0.6) is 0 Å². The van der Waals surface area contributed by atoms with Gasteiger partial charge in [-0.25, -0.2) is 4.98 Å². The van der Waals surface area contributed by atoms with Gasteiger partial charge in [0.2, 0.25) is 0 Å². The van der Waals surface area contributed by atoms with E-state index >= 15 is 0 Å². The molecular weight excluding hydrogens is 370 g/mol. The smallest absolute Gasteiger partial charge is 0.267 e. The van der Waals surface area contributed by atoms with Crippen LogP contribution >= 0.6 is 0 Å². The third-order valence-corrected chi connectivity index (χ3v) is 5.64. The Labute approximate surface area is 167 Å². The molecule has 1 amide bonds. The Morgan fingerprint density at radius 2 is 2.07 bits per heavy atom. The largest absolute Gasteiger partial charge is 0.383 e. The maximum atomic E-state index is 13.2. The van der Waals surface area contributed by atoms with Gasteiger partial charge in [0.25, 0.3) is 11.5 Å². The molecular formula is C21H25N5O3. The molecule has 0 radical (unpaired) electrons. The minimum Gasteiger partial charge on any atom is -0.383 e. The molecule has 0 unspecified atom stereocenters. The molecule has 152 valence electrons. The molecule has 8 nitrogen and oxygen atoms in total. The quantitative estimate of drug-likeness (QED) is 0.680. The highest BCUT2D eigenvalue weighted by Gasteiger charge is 2.24. The number of amides is 1. The summed E-state index contributed by atoms with van der Waals surface area (Å²) in [4.78, 5) is 32.7. The van der Waals surface area contributed by atoms with Crippen LogP contribution in [0.25, 0.3) is 16.7 Å². The van der Waals surface area contributed by atoms with E-state index in [1.54, 1.807) is 34.9 Å². The standard InChI is InChI=1S/C21H25N5O3/c1-14-6-9-24(10-7-14)20(27)15-13-16-19(26(18(15)22)11-12-29-2)23-17-5-3-4-8-25(17)21(16)28/h3-5,8,13-14,22H,6-7,9-12H2,1-2H3. The maximum Gasteiger partial charge on any atom is 0.267 e. The summed E-state index contributed by atoms with van der Waals surface area (Å²) in [6.45, 7) is 4.21. The molecule has 29 heavy (non-hydrogen) atoms. The van der Waals surface area contributed by atoms with E-state index in [0.717, 1.165) is 12.8 Å². The van der Waals surface area contributed by atoms with Crippen molar-refractivity contribution in [3.05, 3.63) is 51.9 Å². The van der Waals surface area contributed by atoms with Crippen LogP contribution in [-0.2, 0) is 11.3 Å². The number of methoxy groups -OCH3 is 1. The highest BCUT2D eigenvalue weighted by atomic mass is 16.5. The van der Waals surface area contributed by atoms with Gasteiger partial charge in [-0.1, -0.05) is 13.0 Å². The third-order valence-electron chi connectivity index (χ3n) is 5.64. The molecule has 0 bridgehead atoms. The van der Waals surface area contributed by atoms with Gasteiger partial charge in [-0.15, -0.1) is 0 Å². The lowest BCUT2D eigenvalue weighted by atomic mass is 9.98. The summed E-state index contributed by atoms with van der Waals surface area (Å²) in [5.74, 6) is 0.394. The first kappa shape index (κ1) is 19.3. The fourth-order valence-electron chi connectivity index (χ4n) is 3.83. The van der Waals surface area contributed by atoms with Gasteiger partial charge in [-0.2, -0.15) is 0 Å². The van der Waals surface area contributed by atoms with E-state index in [1.807, 2.05) is 6.07 Å². The number of carbonyl (C=O) groups excluding carboxylic acids is 1. The van der Waals surface area contributed by atoms with Crippen LogP contribution in [0.4, 0.5) is 0 Å². The van der Waals surface area contributed by atoms with Crippen LogP contribution in [-0.4, -0.2) is 51.6 Å².